The predicted molar refractivity (Wildman–Crippen MR) is 99.8 cm³/mol. The average Bonchev–Trinajstić information content (AvgIpc) is 2.98. The van der Waals surface area contributed by atoms with Crippen molar-refractivity contribution >= 4 is 23.3 Å². The number of amides is 3. The van der Waals surface area contributed by atoms with E-state index in [0.29, 0.717) is 19.0 Å². The van der Waals surface area contributed by atoms with E-state index in [1.54, 1.807) is 4.90 Å². The van der Waals surface area contributed by atoms with Crippen molar-refractivity contribution in [2.24, 2.45) is 0 Å². The first kappa shape index (κ1) is 18.8. The maximum absolute atomic E-state index is 13.6. The molecular formula is C20H21F2N3O2. The van der Waals surface area contributed by atoms with Crippen LogP contribution >= 0.6 is 0 Å². The SMILES string of the molecule is CC(C)c1ccc(N2CCN(CC(=O)Nc3cc(F)ccc3F)C2=O)cc1. The Morgan fingerprint density at radius 3 is 2.48 bits per heavy atom. The number of nitrogens with zero attached hydrogens (tertiary/aromatic N) is 2. The van der Waals surface area contributed by atoms with Crippen molar-refractivity contribution in [3.05, 3.63) is 59.7 Å². The minimum atomic E-state index is -0.732. The highest BCUT2D eigenvalue weighted by Crippen LogP contribution is 2.23. The normalized spacial score (nSPS) is 14.2. The Labute approximate surface area is 156 Å². The number of hydrogen-bond donors (Lipinski definition) is 1. The zero-order valence-corrected chi connectivity index (χ0v) is 15.2. The number of anilines is 2. The van der Waals surface area contributed by atoms with E-state index in [1.807, 2.05) is 24.3 Å². The largest absolute Gasteiger partial charge is 0.325 e. The van der Waals surface area contributed by atoms with Crippen LogP contribution in [-0.2, 0) is 4.79 Å². The van der Waals surface area contributed by atoms with Gasteiger partial charge in [-0.2, -0.15) is 0 Å². The van der Waals surface area contributed by atoms with Crippen molar-refractivity contribution in [1.29, 1.82) is 0 Å². The van der Waals surface area contributed by atoms with Gasteiger partial charge < -0.3 is 10.2 Å². The van der Waals surface area contributed by atoms with Crippen LogP contribution in [-0.4, -0.2) is 36.5 Å². The van der Waals surface area contributed by atoms with E-state index in [2.05, 4.69) is 19.2 Å². The van der Waals surface area contributed by atoms with Crippen LogP contribution in [0.3, 0.4) is 0 Å². The number of hydrogen-bond acceptors (Lipinski definition) is 2. The smallest absolute Gasteiger partial charge is 0.322 e. The summed E-state index contributed by atoms with van der Waals surface area (Å²) >= 11 is 0. The van der Waals surface area contributed by atoms with Crippen LogP contribution in [0.5, 0.6) is 0 Å². The molecule has 142 valence electrons. The van der Waals surface area contributed by atoms with Gasteiger partial charge in [0.15, 0.2) is 0 Å². The molecule has 1 saturated heterocycles. The van der Waals surface area contributed by atoms with Crippen molar-refractivity contribution < 1.29 is 18.4 Å². The molecule has 1 heterocycles. The first-order chi connectivity index (χ1) is 12.8. The molecule has 5 nitrogen and oxygen atoms in total. The van der Waals surface area contributed by atoms with Gasteiger partial charge in [-0.05, 0) is 35.7 Å². The van der Waals surface area contributed by atoms with E-state index in [-0.39, 0.29) is 18.3 Å². The first-order valence-electron chi connectivity index (χ1n) is 8.76. The molecular weight excluding hydrogens is 352 g/mol. The number of rotatable bonds is 5. The molecule has 0 bridgehead atoms. The quantitative estimate of drug-likeness (QED) is 0.862. The zero-order valence-electron chi connectivity index (χ0n) is 15.2. The first-order valence-corrected chi connectivity index (χ1v) is 8.76. The highest BCUT2D eigenvalue weighted by Gasteiger charge is 2.31. The van der Waals surface area contributed by atoms with Crippen LogP contribution in [0, 0.1) is 11.6 Å². The summed E-state index contributed by atoms with van der Waals surface area (Å²) in [5.74, 6) is -1.56. The van der Waals surface area contributed by atoms with Crippen molar-refractivity contribution in [1.82, 2.24) is 4.90 Å². The fourth-order valence-electron chi connectivity index (χ4n) is 2.96. The predicted octanol–water partition coefficient (Wildman–Crippen LogP) is 3.97. The monoisotopic (exact) mass is 373 g/mol. The van der Waals surface area contributed by atoms with Crippen molar-refractivity contribution in [3.8, 4) is 0 Å². The highest BCUT2D eigenvalue weighted by atomic mass is 19.1. The summed E-state index contributed by atoms with van der Waals surface area (Å²) in [6.45, 7) is 4.80. The van der Waals surface area contributed by atoms with E-state index in [1.165, 1.54) is 10.5 Å². The van der Waals surface area contributed by atoms with Crippen LogP contribution < -0.4 is 10.2 Å². The second kappa shape index (κ2) is 7.73. The van der Waals surface area contributed by atoms with Crippen molar-refractivity contribution in [2.75, 3.05) is 29.9 Å². The van der Waals surface area contributed by atoms with E-state index >= 15 is 0 Å². The second-order valence-corrected chi connectivity index (χ2v) is 6.77. The summed E-state index contributed by atoms with van der Waals surface area (Å²) in [5.41, 5.74) is 1.70. The van der Waals surface area contributed by atoms with Gasteiger partial charge in [-0.1, -0.05) is 26.0 Å². The standard InChI is InChI=1S/C20H21F2N3O2/c1-13(2)14-3-6-16(7-4-14)25-10-9-24(20(25)27)12-19(26)23-18-11-15(21)5-8-17(18)22/h3-8,11,13H,9-10,12H2,1-2H3,(H,23,26). The molecule has 3 rings (SSSR count). The number of benzene rings is 2. The van der Waals surface area contributed by atoms with Gasteiger partial charge in [0.2, 0.25) is 5.91 Å². The molecule has 0 saturated carbocycles. The van der Waals surface area contributed by atoms with E-state index in [9.17, 15) is 18.4 Å². The van der Waals surface area contributed by atoms with Gasteiger partial charge >= 0.3 is 6.03 Å². The van der Waals surface area contributed by atoms with Gasteiger partial charge in [-0.3, -0.25) is 9.69 Å². The molecule has 0 aromatic heterocycles. The molecule has 1 fully saturated rings. The molecule has 3 amide bonds. The lowest BCUT2D eigenvalue weighted by Crippen LogP contribution is -2.37. The minimum Gasteiger partial charge on any atom is -0.322 e. The summed E-state index contributed by atoms with van der Waals surface area (Å²) in [5, 5.41) is 2.31. The van der Waals surface area contributed by atoms with Gasteiger partial charge in [0.05, 0.1) is 5.69 Å². The Morgan fingerprint density at radius 2 is 1.81 bits per heavy atom. The maximum atomic E-state index is 13.6. The Balaban J connectivity index is 1.63. The number of carbonyl (C=O) groups excluding carboxylic acids is 2. The number of carbonyl (C=O) groups is 2. The van der Waals surface area contributed by atoms with Gasteiger partial charge in [0.1, 0.15) is 18.2 Å². The molecule has 2 aromatic rings. The van der Waals surface area contributed by atoms with Crippen LogP contribution in [0.15, 0.2) is 42.5 Å². The summed E-state index contributed by atoms with van der Waals surface area (Å²) in [4.78, 5) is 27.7. The Kier molecular flexibility index (Phi) is 5.39. The Hall–Kier alpha value is -2.96. The molecule has 2 aromatic carbocycles. The van der Waals surface area contributed by atoms with Crippen LogP contribution in [0.4, 0.5) is 25.0 Å². The van der Waals surface area contributed by atoms with Gasteiger partial charge in [-0.25, -0.2) is 13.6 Å². The van der Waals surface area contributed by atoms with E-state index in [4.69, 9.17) is 0 Å². The van der Waals surface area contributed by atoms with Gasteiger partial charge in [0, 0.05) is 24.8 Å². The molecule has 0 radical (unpaired) electrons. The molecule has 0 unspecified atom stereocenters. The second-order valence-electron chi connectivity index (χ2n) is 6.77. The number of nitrogens with one attached hydrogen (secondary N) is 1. The van der Waals surface area contributed by atoms with Crippen LogP contribution in [0.25, 0.3) is 0 Å². The molecule has 1 aliphatic heterocycles. The Bertz CT molecular complexity index is 853. The molecule has 1 aliphatic rings. The van der Waals surface area contributed by atoms with Crippen molar-refractivity contribution in [2.45, 2.75) is 19.8 Å². The Morgan fingerprint density at radius 1 is 1.11 bits per heavy atom. The summed E-state index contributed by atoms with van der Waals surface area (Å²) < 4.78 is 26.8. The molecule has 0 spiro atoms. The topological polar surface area (TPSA) is 52.6 Å². The maximum Gasteiger partial charge on any atom is 0.325 e. The molecule has 27 heavy (non-hydrogen) atoms. The lowest BCUT2D eigenvalue weighted by molar-refractivity contribution is -0.116. The average molecular weight is 373 g/mol. The van der Waals surface area contributed by atoms with Crippen LogP contribution in [0.1, 0.15) is 25.3 Å². The van der Waals surface area contributed by atoms with Gasteiger partial charge in [0.25, 0.3) is 0 Å². The zero-order chi connectivity index (χ0) is 19.6. The lowest BCUT2D eigenvalue weighted by atomic mass is 10.0. The number of halogens is 2. The third-order valence-electron chi connectivity index (χ3n) is 4.50. The fraction of sp³-hybridized carbons (Fsp3) is 0.300. The lowest BCUT2D eigenvalue weighted by Gasteiger charge is -2.19. The molecule has 7 heteroatoms. The van der Waals surface area contributed by atoms with Crippen LogP contribution in [0.2, 0.25) is 0 Å². The van der Waals surface area contributed by atoms with E-state index in [0.717, 1.165) is 23.9 Å². The van der Waals surface area contributed by atoms with Crippen molar-refractivity contribution in [3.63, 3.8) is 0 Å². The fourth-order valence-corrected chi connectivity index (χ4v) is 2.96. The number of urea groups is 1. The van der Waals surface area contributed by atoms with E-state index < -0.39 is 17.5 Å². The molecule has 0 atom stereocenters. The van der Waals surface area contributed by atoms with Gasteiger partial charge in [-0.15, -0.1) is 0 Å². The third-order valence-corrected chi connectivity index (χ3v) is 4.50. The third kappa shape index (κ3) is 4.24. The molecule has 0 aliphatic carbocycles. The highest BCUT2D eigenvalue weighted by molar-refractivity contribution is 5.99. The molecule has 1 N–H and O–H groups in total. The summed E-state index contributed by atoms with van der Waals surface area (Å²) in [7, 11) is 0. The summed E-state index contributed by atoms with van der Waals surface area (Å²) in [6.07, 6.45) is 0. The minimum absolute atomic E-state index is 0.227. The summed E-state index contributed by atoms with van der Waals surface area (Å²) in [6, 6.07) is 10.3.